The van der Waals surface area contributed by atoms with Gasteiger partial charge in [-0.2, -0.15) is 13.2 Å². The molecule has 6 heteroatoms. The van der Waals surface area contributed by atoms with Gasteiger partial charge in [0.15, 0.2) is 0 Å². The minimum Gasteiger partial charge on any atom is -0.478 e. The highest BCUT2D eigenvalue weighted by Gasteiger charge is 2.51. The van der Waals surface area contributed by atoms with Gasteiger partial charge < -0.3 is 5.11 Å². The number of rotatable bonds is 2. The molecule has 1 rings (SSSR count). The van der Waals surface area contributed by atoms with Gasteiger partial charge in [-0.05, 0) is 26.0 Å². The van der Waals surface area contributed by atoms with Crippen molar-refractivity contribution >= 4 is 5.97 Å². The molecule has 0 saturated carbocycles. The molecule has 1 heterocycles. The first-order chi connectivity index (χ1) is 7.18. The number of carbonyl (C=O) groups is 1. The molecule has 0 saturated heterocycles. The first-order valence-electron chi connectivity index (χ1n) is 4.43. The van der Waals surface area contributed by atoms with Crippen molar-refractivity contribution in [2.75, 3.05) is 0 Å². The number of nitrogens with zero attached hydrogens (tertiary/aromatic N) is 1. The fourth-order valence-electron chi connectivity index (χ4n) is 1.21. The van der Waals surface area contributed by atoms with Crippen LogP contribution in [0.2, 0.25) is 0 Å². The molecule has 0 aromatic carbocycles. The largest absolute Gasteiger partial charge is 0.478 e. The second-order valence-electron chi connectivity index (χ2n) is 3.83. The van der Waals surface area contributed by atoms with Crippen LogP contribution in [0.5, 0.6) is 0 Å². The normalized spacial score (nSPS) is 12.6. The quantitative estimate of drug-likeness (QED) is 0.854. The van der Waals surface area contributed by atoms with Gasteiger partial charge >= 0.3 is 12.1 Å². The monoisotopic (exact) mass is 233 g/mol. The Balaban J connectivity index is 3.39. The van der Waals surface area contributed by atoms with Crippen LogP contribution < -0.4 is 0 Å². The van der Waals surface area contributed by atoms with Crippen LogP contribution in [0, 0.1) is 0 Å². The minimum absolute atomic E-state index is 0.426. The van der Waals surface area contributed by atoms with Crippen LogP contribution in [-0.4, -0.2) is 22.2 Å². The SMILES string of the molecule is CC(C)(c1ncccc1C(=O)O)C(F)(F)F. The highest BCUT2D eigenvalue weighted by Crippen LogP contribution is 2.40. The van der Waals surface area contributed by atoms with Crippen LogP contribution in [-0.2, 0) is 5.41 Å². The van der Waals surface area contributed by atoms with E-state index in [4.69, 9.17) is 5.11 Å². The van der Waals surface area contributed by atoms with Crippen molar-refractivity contribution in [3.8, 4) is 0 Å². The molecule has 0 unspecified atom stereocenters. The number of hydrogen-bond donors (Lipinski definition) is 1. The Morgan fingerprint density at radius 3 is 2.38 bits per heavy atom. The topological polar surface area (TPSA) is 50.2 Å². The van der Waals surface area contributed by atoms with Gasteiger partial charge in [-0.3, -0.25) is 4.98 Å². The van der Waals surface area contributed by atoms with E-state index in [1.165, 1.54) is 6.07 Å². The number of halogens is 3. The maximum atomic E-state index is 12.7. The van der Waals surface area contributed by atoms with Gasteiger partial charge in [0.05, 0.1) is 11.3 Å². The molecule has 0 fully saturated rings. The third-order valence-electron chi connectivity index (χ3n) is 2.34. The van der Waals surface area contributed by atoms with Crippen molar-refractivity contribution < 1.29 is 23.1 Å². The summed E-state index contributed by atoms with van der Waals surface area (Å²) >= 11 is 0. The Kier molecular flexibility index (Phi) is 2.94. The predicted octanol–water partition coefficient (Wildman–Crippen LogP) is 2.62. The van der Waals surface area contributed by atoms with Crippen LogP contribution >= 0.6 is 0 Å². The lowest BCUT2D eigenvalue weighted by Gasteiger charge is -2.28. The van der Waals surface area contributed by atoms with Crippen molar-refractivity contribution in [1.29, 1.82) is 0 Å². The fraction of sp³-hybridized carbons (Fsp3) is 0.400. The Bertz CT molecular complexity index is 413. The zero-order chi connectivity index (χ0) is 12.6. The summed E-state index contributed by atoms with van der Waals surface area (Å²) in [4.78, 5) is 14.3. The van der Waals surface area contributed by atoms with Crippen LogP contribution in [0.1, 0.15) is 29.9 Å². The molecular weight excluding hydrogens is 223 g/mol. The van der Waals surface area contributed by atoms with Crippen molar-refractivity contribution in [2.24, 2.45) is 0 Å². The molecule has 3 nitrogen and oxygen atoms in total. The Hall–Kier alpha value is -1.59. The summed E-state index contributed by atoms with van der Waals surface area (Å²) in [5.74, 6) is -1.42. The molecule has 1 aromatic heterocycles. The molecule has 1 aromatic rings. The second-order valence-corrected chi connectivity index (χ2v) is 3.83. The number of hydrogen-bond acceptors (Lipinski definition) is 2. The van der Waals surface area contributed by atoms with Gasteiger partial charge in [-0.25, -0.2) is 4.79 Å². The number of pyridine rings is 1. The summed E-state index contributed by atoms with van der Waals surface area (Å²) in [5, 5.41) is 8.79. The molecule has 16 heavy (non-hydrogen) atoms. The van der Waals surface area contributed by atoms with E-state index in [1.54, 1.807) is 0 Å². The van der Waals surface area contributed by atoms with Gasteiger partial charge in [0, 0.05) is 6.20 Å². The summed E-state index contributed by atoms with van der Waals surface area (Å²) in [5.41, 5.74) is -3.19. The Morgan fingerprint density at radius 1 is 1.38 bits per heavy atom. The van der Waals surface area contributed by atoms with E-state index in [9.17, 15) is 18.0 Å². The van der Waals surface area contributed by atoms with Gasteiger partial charge in [0.25, 0.3) is 0 Å². The Labute approximate surface area is 89.9 Å². The van der Waals surface area contributed by atoms with Gasteiger partial charge in [0.2, 0.25) is 0 Å². The highest BCUT2D eigenvalue weighted by atomic mass is 19.4. The molecule has 0 atom stereocenters. The molecule has 0 aliphatic rings. The molecule has 0 spiro atoms. The first-order valence-corrected chi connectivity index (χ1v) is 4.43. The number of carboxylic acid groups (broad SMARTS) is 1. The third-order valence-corrected chi connectivity index (χ3v) is 2.34. The second kappa shape index (κ2) is 3.77. The fourth-order valence-corrected chi connectivity index (χ4v) is 1.21. The molecule has 0 aliphatic heterocycles. The van der Waals surface area contributed by atoms with Crippen molar-refractivity contribution in [3.05, 3.63) is 29.6 Å². The zero-order valence-corrected chi connectivity index (χ0v) is 8.67. The molecule has 1 N–H and O–H groups in total. The van der Waals surface area contributed by atoms with Crippen molar-refractivity contribution in [2.45, 2.75) is 25.4 Å². The molecular formula is C10H10F3NO2. The number of aromatic nitrogens is 1. The summed E-state index contributed by atoms with van der Waals surface area (Å²) in [6.07, 6.45) is -3.40. The van der Waals surface area contributed by atoms with Crippen LogP contribution in [0.25, 0.3) is 0 Å². The summed E-state index contributed by atoms with van der Waals surface area (Å²) in [6, 6.07) is 2.40. The lowest BCUT2D eigenvalue weighted by atomic mass is 9.85. The summed E-state index contributed by atoms with van der Waals surface area (Å²) in [6.45, 7) is 1.81. The molecule has 0 bridgehead atoms. The van der Waals surface area contributed by atoms with Gasteiger partial charge in [0.1, 0.15) is 5.41 Å². The lowest BCUT2D eigenvalue weighted by Crippen LogP contribution is -2.38. The van der Waals surface area contributed by atoms with Crippen LogP contribution in [0.15, 0.2) is 18.3 Å². The average Bonchev–Trinajstić information content (AvgIpc) is 2.16. The maximum absolute atomic E-state index is 12.7. The van der Waals surface area contributed by atoms with Crippen LogP contribution in [0.4, 0.5) is 13.2 Å². The molecule has 0 aliphatic carbocycles. The van der Waals surface area contributed by atoms with E-state index in [0.29, 0.717) is 0 Å². The number of aromatic carboxylic acids is 1. The number of carboxylic acids is 1. The summed E-state index contributed by atoms with van der Waals surface area (Å²) < 4.78 is 38.2. The van der Waals surface area contributed by atoms with E-state index in [-0.39, 0.29) is 0 Å². The minimum atomic E-state index is -4.55. The zero-order valence-electron chi connectivity index (χ0n) is 8.67. The highest BCUT2D eigenvalue weighted by molar-refractivity contribution is 5.89. The third kappa shape index (κ3) is 2.00. The van der Waals surface area contributed by atoms with Gasteiger partial charge in [-0.15, -0.1) is 0 Å². The summed E-state index contributed by atoms with van der Waals surface area (Å²) in [7, 11) is 0. The molecule has 88 valence electrons. The van der Waals surface area contributed by atoms with Gasteiger partial charge in [-0.1, -0.05) is 0 Å². The molecule has 0 amide bonds. The predicted molar refractivity (Wildman–Crippen MR) is 50.3 cm³/mol. The Morgan fingerprint density at radius 2 is 1.94 bits per heavy atom. The first kappa shape index (κ1) is 12.5. The smallest absolute Gasteiger partial charge is 0.399 e. The van der Waals surface area contributed by atoms with E-state index >= 15 is 0 Å². The van der Waals surface area contributed by atoms with E-state index in [2.05, 4.69) is 4.98 Å². The van der Waals surface area contributed by atoms with E-state index < -0.39 is 28.8 Å². The van der Waals surface area contributed by atoms with E-state index in [0.717, 1.165) is 26.1 Å². The van der Waals surface area contributed by atoms with E-state index in [1.807, 2.05) is 0 Å². The van der Waals surface area contributed by atoms with Crippen LogP contribution in [0.3, 0.4) is 0 Å². The average molecular weight is 233 g/mol. The van der Waals surface area contributed by atoms with Crippen molar-refractivity contribution in [3.63, 3.8) is 0 Å². The standard InChI is InChI=1S/C10H10F3NO2/c1-9(2,10(11,12)13)7-6(8(15)16)4-3-5-14-7/h3-5H,1-2H3,(H,15,16). The lowest BCUT2D eigenvalue weighted by molar-refractivity contribution is -0.181. The number of alkyl halides is 3. The van der Waals surface area contributed by atoms with Crippen molar-refractivity contribution in [1.82, 2.24) is 4.98 Å². The maximum Gasteiger partial charge on any atom is 0.399 e. The molecule has 0 radical (unpaired) electrons.